The van der Waals surface area contributed by atoms with Crippen molar-refractivity contribution in [1.82, 2.24) is 9.88 Å². The van der Waals surface area contributed by atoms with Crippen LogP contribution < -0.4 is 5.32 Å². The monoisotopic (exact) mass is 577 g/mol. The van der Waals surface area contributed by atoms with Gasteiger partial charge in [-0.1, -0.05) is 121 Å². The highest BCUT2D eigenvalue weighted by atomic mass is 15.3. The van der Waals surface area contributed by atoms with Crippen LogP contribution in [0.2, 0.25) is 0 Å². The first kappa shape index (κ1) is 25.8. The lowest BCUT2D eigenvalue weighted by Crippen LogP contribution is -2.26. The summed E-state index contributed by atoms with van der Waals surface area (Å²) in [6.45, 7) is 0. The minimum absolute atomic E-state index is 0.255. The van der Waals surface area contributed by atoms with Gasteiger partial charge in [-0.15, -0.1) is 0 Å². The summed E-state index contributed by atoms with van der Waals surface area (Å²) in [6, 6.07) is 50.4. The lowest BCUT2D eigenvalue weighted by Gasteiger charge is -2.25. The van der Waals surface area contributed by atoms with Crippen LogP contribution in [-0.2, 0) is 12.8 Å². The first-order chi connectivity index (χ1) is 22.3. The molecule has 0 amide bonds. The third kappa shape index (κ3) is 4.31. The second kappa shape index (κ2) is 10.5. The summed E-state index contributed by atoms with van der Waals surface area (Å²) in [6.07, 6.45) is 5.90. The molecule has 1 unspecified atom stereocenters. The van der Waals surface area contributed by atoms with Crippen molar-refractivity contribution in [2.45, 2.75) is 19.1 Å². The fraction of sp³-hybridized carbons (Fsp3) is 0.0714. The molecule has 0 spiro atoms. The first-order valence-corrected chi connectivity index (χ1v) is 15.7. The van der Waals surface area contributed by atoms with E-state index < -0.39 is 0 Å². The van der Waals surface area contributed by atoms with Crippen molar-refractivity contribution >= 4 is 33.7 Å². The van der Waals surface area contributed by atoms with Crippen molar-refractivity contribution in [2.24, 2.45) is 4.99 Å². The van der Waals surface area contributed by atoms with Crippen LogP contribution in [0.4, 0.5) is 0 Å². The zero-order valence-corrected chi connectivity index (χ0v) is 24.8. The zero-order valence-electron chi connectivity index (χ0n) is 24.8. The number of hydrogen-bond donors (Lipinski definition) is 1. The topological polar surface area (TPSA) is 29.3 Å². The van der Waals surface area contributed by atoms with Crippen molar-refractivity contribution < 1.29 is 0 Å². The Kier molecular flexibility index (Phi) is 6.02. The fourth-order valence-corrected chi connectivity index (χ4v) is 7.28. The van der Waals surface area contributed by atoms with Crippen LogP contribution in [0.1, 0.15) is 23.0 Å². The number of fused-ring (bicyclic) bond motifs is 7. The molecule has 3 heteroatoms. The van der Waals surface area contributed by atoms with Crippen molar-refractivity contribution in [3.63, 3.8) is 0 Å². The number of benzene rings is 6. The van der Waals surface area contributed by atoms with Gasteiger partial charge in [-0.25, -0.2) is 4.99 Å². The van der Waals surface area contributed by atoms with Crippen molar-refractivity contribution in [3.05, 3.63) is 162 Å². The Balaban J connectivity index is 1.08. The molecule has 1 aromatic heterocycles. The number of hydrogen-bond acceptors (Lipinski definition) is 2. The molecule has 1 aliphatic carbocycles. The van der Waals surface area contributed by atoms with Crippen LogP contribution in [0.5, 0.6) is 0 Å². The number of para-hydroxylation sites is 1. The fourth-order valence-electron chi connectivity index (χ4n) is 7.28. The van der Waals surface area contributed by atoms with E-state index in [4.69, 9.17) is 4.99 Å². The highest BCUT2D eigenvalue weighted by Crippen LogP contribution is 2.42. The van der Waals surface area contributed by atoms with Gasteiger partial charge in [-0.05, 0) is 87.2 Å². The molecule has 1 aliphatic heterocycles. The number of nitrogens with zero attached hydrogens (tertiary/aromatic N) is 2. The Morgan fingerprint density at radius 2 is 1.27 bits per heavy atom. The molecular weight excluding hydrogens is 546 g/mol. The van der Waals surface area contributed by atoms with Crippen molar-refractivity contribution in [3.8, 4) is 33.4 Å². The van der Waals surface area contributed by atoms with Gasteiger partial charge in [0.1, 0.15) is 0 Å². The second-order valence-corrected chi connectivity index (χ2v) is 12.0. The van der Waals surface area contributed by atoms with Crippen molar-refractivity contribution in [1.29, 1.82) is 0 Å². The molecule has 6 aromatic carbocycles. The van der Waals surface area contributed by atoms with Crippen LogP contribution >= 0.6 is 0 Å². The maximum Gasteiger partial charge on any atom is 0.200 e. The maximum atomic E-state index is 4.97. The van der Waals surface area contributed by atoms with E-state index in [-0.39, 0.29) is 6.29 Å². The lowest BCUT2D eigenvalue weighted by molar-refractivity contribution is 0.510. The van der Waals surface area contributed by atoms with Crippen LogP contribution in [0.15, 0.2) is 151 Å². The van der Waals surface area contributed by atoms with Gasteiger partial charge >= 0.3 is 0 Å². The van der Waals surface area contributed by atoms with E-state index in [2.05, 4.69) is 155 Å². The lowest BCUT2D eigenvalue weighted by atomic mass is 9.83. The molecule has 214 valence electrons. The number of aryl methyl sites for hydroxylation is 2. The van der Waals surface area contributed by atoms with Gasteiger partial charge in [0.2, 0.25) is 6.29 Å². The maximum absolute atomic E-state index is 4.97. The number of aliphatic imine (C=N–C) groups is 1. The summed E-state index contributed by atoms with van der Waals surface area (Å²) in [4.78, 5) is 4.97. The Morgan fingerprint density at radius 1 is 0.556 bits per heavy atom. The molecule has 3 nitrogen and oxygen atoms in total. The second-order valence-electron chi connectivity index (χ2n) is 12.0. The quantitative estimate of drug-likeness (QED) is 0.222. The van der Waals surface area contributed by atoms with Gasteiger partial charge in [-0.3, -0.25) is 0 Å². The minimum Gasteiger partial charge on any atom is -0.346 e. The molecule has 0 fully saturated rings. The van der Waals surface area contributed by atoms with Gasteiger partial charge in [0, 0.05) is 22.7 Å². The standard InChI is InChI=1S/C42H31N3/c1-2-9-28(10-3-1)29-17-19-30(20-18-29)32-12-8-13-33(27-32)38-25-26-43-42(44-38)45-39-16-7-6-15-37(39)41-36-22-21-31-11-4-5-14-34(31)35(36)23-24-40(41)45/h1-20,23-27,42,44H,21-22H2. The molecule has 45 heavy (non-hydrogen) atoms. The van der Waals surface area contributed by atoms with Crippen LogP contribution in [-0.4, -0.2) is 10.8 Å². The van der Waals surface area contributed by atoms with Gasteiger partial charge < -0.3 is 9.88 Å². The Labute approximate surface area is 262 Å². The first-order valence-electron chi connectivity index (χ1n) is 15.7. The zero-order chi connectivity index (χ0) is 29.7. The van der Waals surface area contributed by atoms with Crippen LogP contribution in [0.3, 0.4) is 0 Å². The average Bonchev–Trinajstić information content (AvgIpc) is 3.47. The number of allylic oxidation sites excluding steroid dienone is 1. The average molecular weight is 578 g/mol. The summed E-state index contributed by atoms with van der Waals surface area (Å²) in [5.41, 5.74) is 15.1. The van der Waals surface area contributed by atoms with Gasteiger partial charge in [0.05, 0.1) is 11.0 Å². The summed E-state index contributed by atoms with van der Waals surface area (Å²) in [7, 11) is 0. The molecule has 1 N–H and O–H groups in total. The Bertz CT molecular complexity index is 2290. The smallest absolute Gasteiger partial charge is 0.200 e. The van der Waals surface area contributed by atoms with Gasteiger partial charge in [0.25, 0.3) is 0 Å². The van der Waals surface area contributed by atoms with E-state index in [0.29, 0.717) is 0 Å². The predicted octanol–water partition coefficient (Wildman–Crippen LogP) is 10.1. The summed E-state index contributed by atoms with van der Waals surface area (Å²) in [5.74, 6) is 0. The molecule has 0 saturated heterocycles. The number of nitrogens with one attached hydrogen (secondary N) is 1. The van der Waals surface area contributed by atoms with Gasteiger partial charge in [0.15, 0.2) is 0 Å². The summed E-state index contributed by atoms with van der Waals surface area (Å²) in [5, 5.41) is 6.43. The largest absolute Gasteiger partial charge is 0.346 e. The molecule has 7 aromatic rings. The molecule has 0 saturated carbocycles. The number of rotatable bonds is 4. The highest BCUT2D eigenvalue weighted by molar-refractivity contribution is 6.12. The molecule has 2 aliphatic rings. The van der Waals surface area contributed by atoms with E-state index in [1.165, 1.54) is 66.3 Å². The molecule has 2 heterocycles. The normalized spacial score (nSPS) is 15.4. The summed E-state index contributed by atoms with van der Waals surface area (Å²) >= 11 is 0. The van der Waals surface area contributed by atoms with E-state index in [0.717, 1.165) is 24.1 Å². The molecule has 9 rings (SSSR count). The highest BCUT2D eigenvalue weighted by Gasteiger charge is 2.25. The minimum atomic E-state index is -0.255. The third-order valence-electron chi connectivity index (χ3n) is 9.43. The van der Waals surface area contributed by atoms with E-state index in [1.807, 2.05) is 6.21 Å². The van der Waals surface area contributed by atoms with Crippen LogP contribution in [0, 0.1) is 0 Å². The van der Waals surface area contributed by atoms with E-state index >= 15 is 0 Å². The SMILES string of the molecule is C1=NC(n2c3ccccc3c3c4c(ccc32)-c2ccccc2CC4)NC(c2cccc(-c3ccc(-c4ccccc4)cc3)c2)=C1. The van der Waals surface area contributed by atoms with E-state index in [1.54, 1.807) is 0 Å². The molecule has 0 radical (unpaired) electrons. The molecule has 0 bridgehead atoms. The van der Waals surface area contributed by atoms with E-state index in [9.17, 15) is 0 Å². The Hall–Kier alpha value is -5.67. The molecule has 1 atom stereocenters. The number of aromatic nitrogens is 1. The van der Waals surface area contributed by atoms with Gasteiger partial charge in [-0.2, -0.15) is 0 Å². The van der Waals surface area contributed by atoms with Crippen LogP contribution in [0.25, 0.3) is 60.9 Å². The predicted molar refractivity (Wildman–Crippen MR) is 188 cm³/mol. The molecular formula is C42H31N3. The third-order valence-corrected chi connectivity index (χ3v) is 9.43. The summed E-state index contributed by atoms with van der Waals surface area (Å²) < 4.78 is 2.38. The van der Waals surface area contributed by atoms with Crippen molar-refractivity contribution in [2.75, 3.05) is 0 Å². The Morgan fingerprint density at radius 3 is 2.16 bits per heavy atom.